The number of carbonyl (C=O) groups excluding carboxylic acids is 2. The van der Waals surface area contributed by atoms with E-state index in [9.17, 15) is 9.59 Å². The summed E-state index contributed by atoms with van der Waals surface area (Å²) in [6.45, 7) is 9.27. The number of aliphatic hydroxyl groups excluding tert-OH is 1. The number of primary amides is 1. The Bertz CT molecular complexity index is 1630. The van der Waals surface area contributed by atoms with E-state index in [1.165, 1.54) is 30.4 Å². The van der Waals surface area contributed by atoms with Gasteiger partial charge in [0.25, 0.3) is 5.91 Å². The summed E-state index contributed by atoms with van der Waals surface area (Å²) >= 11 is 7.64. The van der Waals surface area contributed by atoms with E-state index in [1.807, 2.05) is 37.3 Å². The highest BCUT2D eigenvalue weighted by Crippen LogP contribution is 2.43. The first-order chi connectivity index (χ1) is 25.1. The van der Waals surface area contributed by atoms with Crippen LogP contribution in [0.3, 0.4) is 0 Å². The van der Waals surface area contributed by atoms with Gasteiger partial charge in [-0.05, 0) is 129 Å². The van der Waals surface area contributed by atoms with Crippen molar-refractivity contribution in [3.63, 3.8) is 0 Å². The minimum absolute atomic E-state index is 0.221. The average Bonchev–Trinajstić information content (AvgIpc) is 3.39. The Morgan fingerprint density at radius 3 is 2.69 bits per heavy atom. The van der Waals surface area contributed by atoms with Crippen LogP contribution in [-0.2, 0) is 17.8 Å². The van der Waals surface area contributed by atoms with Gasteiger partial charge in [-0.15, -0.1) is 0 Å². The van der Waals surface area contributed by atoms with Crippen LogP contribution in [0.1, 0.15) is 83.8 Å². The molecular weight excluding hydrogens is 698 g/mol. The molecule has 2 aliphatic rings. The molecule has 0 bridgehead atoms. The zero-order chi connectivity index (χ0) is 37.6. The number of hydrogen-bond acceptors (Lipinski definition) is 8. The second-order valence-corrected chi connectivity index (χ2v) is 15.4. The summed E-state index contributed by atoms with van der Waals surface area (Å²) in [6, 6.07) is 15.5. The van der Waals surface area contributed by atoms with Gasteiger partial charge >= 0.3 is 0 Å². The standard InChI is InChI=1S/C40H52ClN3O5S.CH4O/c1-26(25-50-43-40(46)37-18-28(3)38(49-37)24-47-4)8-5-9-27(2)34-16-14-32(34)22-44-21-30(12-6-10-29-11-7-13-33(41)19-29)23-48-36-17-15-31(39(42)45)20-35(36)44;1-2/h5,7,9,11,13,15,17-20,26-27,30,32,34H,6,8,10,12,14,16,21-25H2,1-4H3,(H2,42,45)(H,43,46);2H,1H3/b9-5+;/t26-,27-,30?,32-,34-;/m0./s1. The molecular formula is C41H56ClN3O6S. The molecule has 11 heteroatoms. The van der Waals surface area contributed by atoms with E-state index in [0.29, 0.717) is 59.9 Å². The predicted octanol–water partition coefficient (Wildman–Crippen LogP) is 8.26. The van der Waals surface area contributed by atoms with Crippen molar-refractivity contribution in [3.8, 4) is 5.75 Å². The van der Waals surface area contributed by atoms with Crippen LogP contribution in [0.2, 0.25) is 5.02 Å². The first-order valence-corrected chi connectivity index (χ1v) is 19.6. The number of nitrogens with one attached hydrogen (secondary N) is 1. The number of amides is 2. The number of rotatable bonds is 17. The molecule has 1 unspecified atom stereocenters. The maximum absolute atomic E-state index is 12.5. The fraction of sp³-hybridized carbons (Fsp3) is 0.512. The lowest BCUT2D eigenvalue weighted by Crippen LogP contribution is -2.42. The second-order valence-electron chi connectivity index (χ2n) is 14.2. The normalized spacial score (nSPS) is 19.4. The summed E-state index contributed by atoms with van der Waals surface area (Å²) in [5, 5.41) is 7.78. The minimum atomic E-state index is -0.422. The number of ether oxygens (including phenoxy) is 2. The highest BCUT2D eigenvalue weighted by atomic mass is 35.5. The lowest BCUT2D eigenvalue weighted by molar-refractivity contribution is 0.0947. The lowest BCUT2D eigenvalue weighted by Gasteiger charge is -2.43. The molecule has 1 aliphatic carbocycles. The van der Waals surface area contributed by atoms with Gasteiger partial charge in [0.1, 0.15) is 18.1 Å². The summed E-state index contributed by atoms with van der Waals surface area (Å²) in [7, 11) is 2.61. The number of aryl methyl sites for hydroxylation is 2. The van der Waals surface area contributed by atoms with Crippen molar-refractivity contribution in [1.29, 1.82) is 0 Å². The number of allylic oxidation sites excluding steroid dienone is 2. The zero-order valence-electron chi connectivity index (χ0n) is 31.2. The highest BCUT2D eigenvalue weighted by Gasteiger charge is 2.36. The molecule has 0 radical (unpaired) electrons. The summed E-state index contributed by atoms with van der Waals surface area (Å²) in [4.78, 5) is 27.1. The van der Waals surface area contributed by atoms with Crippen molar-refractivity contribution in [2.45, 2.75) is 65.9 Å². The third-order valence-electron chi connectivity index (χ3n) is 10.1. The fourth-order valence-corrected chi connectivity index (χ4v) is 8.03. The van der Waals surface area contributed by atoms with E-state index in [1.54, 1.807) is 19.2 Å². The molecule has 5 rings (SSSR count). The number of methoxy groups -OCH3 is 1. The van der Waals surface area contributed by atoms with Crippen molar-refractivity contribution >= 4 is 41.1 Å². The van der Waals surface area contributed by atoms with Gasteiger partial charge in [0.15, 0.2) is 5.76 Å². The van der Waals surface area contributed by atoms with E-state index < -0.39 is 5.91 Å². The molecule has 1 fully saturated rings. The van der Waals surface area contributed by atoms with Crippen molar-refractivity contribution < 1.29 is 28.6 Å². The monoisotopic (exact) mass is 753 g/mol. The van der Waals surface area contributed by atoms with Crippen LogP contribution in [0, 0.1) is 36.5 Å². The number of furan rings is 1. The van der Waals surface area contributed by atoms with Crippen LogP contribution in [0.25, 0.3) is 0 Å². The Kier molecular flexibility index (Phi) is 16.5. The van der Waals surface area contributed by atoms with Crippen molar-refractivity contribution in [2.75, 3.05) is 44.6 Å². The van der Waals surface area contributed by atoms with Crippen LogP contribution in [0.15, 0.2) is 65.1 Å². The van der Waals surface area contributed by atoms with E-state index in [2.05, 4.69) is 41.7 Å². The SMILES string of the molecule is CO.COCc1oc(C(=O)NSC[C@@H](C)C/C=C/[C@H](C)[C@@H]2CC[C@H]2CN2CC(CCCc3cccc(Cl)c3)COc3ccc(C(N)=O)cc32)cc1C. The van der Waals surface area contributed by atoms with Crippen molar-refractivity contribution in [3.05, 3.63) is 93.9 Å². The molecule has 52 heavy (non-hydrogen) atoms. The maximum atomic E-state index is 12.5. The van der Waals surface area contributed by atoms with E-state index >= 15 is 0 Å². The number of fused-ring (bicyclic) bond motifs is 1. The van der Waals surface area contributed by atoms with Gasteiger partial charge < -0.3 is 29.6 Å². The summed E-state index contributed by atoms with van der Waals surface area (Å²) in [5.74, 6) is 4.39. The number of anilines is 1. The number of nitrogens with two attached hydrogens (primary N) is 1. The van der Waals surface area contributed by atoms with Crippen LogP contribution < -0.4 is 20.1 Å². The third kappa shape index (κ3) is 11.8. The maximum Gasteiger partial charge on any atom is 0.296 e. The molecule has 284 valence electrons. The Morgan fingerprint density at radius 1 is 1.17 bits per heavy atom. The molecule has 9 nitrogen and oxygen atoms in total. The van der Waals surface area contributed by atoms with Crippen LogP contribution >= 0.6 is 23.5 Å². The number of hydrogen-bond donors (Lipinski definition) is 3. The number of halogens is 1. The molecule has 2 amide bonds. The Morgan fingerprint density at radius 2 is 1.98 bits per heavy atom. The lowest BCUT2D eigenvalue weighted by atomic mass is 9.67. The zero-order valence-corrected chi connectivity index (χ0v) is 32.8. The number of benzene rings is 2. The summed E-state index contributed by atoms with van der Waals surface area (Å²) < 4.78 is 20.0. The molecule has 4 N–H and O–H groups in total. The van der Waals surface area contributed by atoms with Crippen LogP contribution in [-0.4, -0.2) is 56.6 Å². The van der Waals surface area contributed by atoms with E-state index in [4.69, 9.17) is 36.3 Å². The van der Waals surface area contributed by atoms with Crippen LogP contribution in [0.5, 0.6) is 5.75 Å². The Balaban J connectivity index is 0.00000297. The highest BCUT2D eigenvalue weighted by molar-refractivity contribution is 7.97. The Hall–Kier alpha value is -3.44. The predicted molar refractivity (Wildman–Crippen MR) is 211 cm³/mol. The average molecular weight is 754 g/mol. The molecule has 1 aromatic heterocycles. The van der Waals surface area contributed by atoms with Crippen molar-refractivity contribution in [2.24, 2.45) is 35.3 Å². The fourth-order valence-electron chi connectivity index (χ4n) is 7.08. The Labute approximate surface area is 318 Å². The molecule has 0 spiro atoms. The molecule has 1 aliphatic heterocycles. The third-order valence-corrected chi connectivity index (χ3v) is 11.4. The van der Waals surface area contributed by atoms with E-state index in [-0.39, 0.29) is 5.91 Å². The first kappa shape index (κ1) is 41.3. The molecule has 2 aromatic carbocycles. The first-order valence-electron chi connectivity index (χ1n) is 18.3. The smallest absolute Gasteiger partial charge is 0.296 e. The van der Waals surface area contributed by atoms with Gasteiger partial charge in [0.05, 0.1) is 12.3 Å². The molecule has 1 saturated carbocycles. The number of nitrogens with zero attached hydrogens (tertiary/aromatic N) is 1. The molecule has 3 aromatic rings. The van der Waals surface area contributed by atoms with E-state index in [0.717, 1.165) is 73.7 Å². The largest absolute Gasteiger partial charge is 0.491 e. The summed E-state index contributed by atoms with van der Waals surface area (Å²) in [6.07, 6.45) is 11.1. The quantitative estimate of drug-likeness (QED) is 0.0930. The second kappa shape index (κ2) is 20.7. The van der Waals surface area contributed by atoms with Gasteiger partial charge in [0, 0.05) is 49.6 Å². The molecule has 0 saturated heterocycles. The topological polar surface area (TPSA) is 127 Å². The van der Waals surface area contributed by atoms with Gasteiger partial charge in [0.2, 0.25) is 5.91 Å². The van der Waals surface area contributed by atoms with Gasteiger partial charge in [-0.1, -0.05) is 49.7 Å². The number of carbonyl (C=O) groups is 2. The summed E-state index contributed by atoms with van der Waals surface area (Å²) in [5.41, 5.74) is 9.35. The van der Waals surface area contributed by atoms with Crippen molar-refractivity contribution in [1.82, 2.24) is 4.72 Å². The van der Waals surface area contributed by atoms with Gasteiger partial charge in [-0.2, -0.15) is 0 Å². The van der Waals surface area contributed by atoms with Gasteiger partial charge in [-0.25, -0.2) is 0 Å². The van der Waals surface area contributed by atoms with Gasteiger partial charge in [-0.3, -0.25) is 14.3 Å². The number of aliphatic hydroxyl groups is 1. The minimum Gasteiger partial charge on any atom is -0.491 e. The molecule has 5 atom stereocenters. The van der Waals surface area contributed by atoms with Crippen LogP contribution in [0.4, 0.5) is 5.69 Å². The molecule has 2 heterocycles.